The Morgan fingerprint density at radius 1 is 1.00 bits per heavy atom. The van der Waals surface area contributed by atoms with Crippen LogP contribution >= 0.6 is 0 Å². The first-order valence-electron chi connectivity index (χ1n) is 8.47. The fourth-order valence-corrected chi connectivity index (χ4v) is 3.62. The number of hydrogen-bond donors (Lipinski definition) is 0. The molecule has 2 aromatic carbocycles. The van der Waals surface area contributed by atoms with E-state index in [0.29, 0.717) is 16.6 Å². The molecule has 0 N–H and O–H groups in total. The second kappa shape index (κ2) is 7.21. The number of halogens is 2. The largest absolute Gasteiger partial charge is 0.341 e. The summed E-state index contributed by atoms with van der Waals surface area (Å²) in [7, 11) is -4.65. The van der Waals surface area contributed by atoms with Gasteiger partial charge in [0.25, 0.3) is 5.56 Å². The number of sulfone groups is 1. The van der Waals surface area contributed by atoms with Gasteiger partial charge in [-0.05, 0) is 29.8 Å². The van der Waals surface area contributed by atoms with Gasteiger partial charge in [0.15, 0.2) is 5.65 Å². The third-order valence-corrected chi connectivity index (χ3v) is 5.79. The van der Waals surface area contributed by atoms with Crippen molar-refractivity contribution in [2.24, 2.45) is 0 Å². The quantitative estimate of drug-likeness (QED) is 0.499. The lowest BCUT2D eigenvalue weighted by atomic mass is 10.2. The highest BCUT2D eigenvalue weighted by molar-refractivity contribution is 7.91. The van der Waals surface area contributed by atoms with Gasteiger partial charge in [-0.2, -0.15) is 13.9 Å². The summed E-state index contributed by atoms with van der Waals surface area (Å²) in [5.41, 5.74) is 1.43. The molecule has 4 aromatic rings. The van der Waals surface area contributed by atoms with E-state index in [-0.39, 0.29) is 12.1 Å². The fraction of sp³-hybridized carbons (Fsp3) is 0.105. The molecule has 0 bridgehead atoms. The van der Waals surface area contributed by atoms with E-state index in [1.807, 2.05) is 30.3 Å². The molecule has 29 heavy (non-hydrogen) atoms. The van der Waals surface area contributed by atoms with Gasteiger partial charge in [-0.3, -0.25) is 9.36 Å². The molecule has 0 radical (unpaired) electrons. The van der Waals surface area contributed by atoms with Gasteiger partial charge in [-0.1, -0.05) is 30.3 Å². The van der Waals surface area contributed by atoms with Crippen LogP contribution in [-0.2, 0) is 16.4 Å². The summed E-state index contributed by atoms with van der Waals surface area (Å²) in [5.74, 6) is -3.48. The molecule has 0 amide bonds. The Morgan fingerprint density at radius 3 is 2.34 bits per heavy atom. The molecule has 0 saturated carbocycles. The standard InChI is InChI=1S/C19H14F2N4O3S/c20-19(21)29(27,28)15-8-6-13(7-9-15)11-24-12-22-17-16(18(24)26)10-23-25(17)14-4-2-1-3-5-14/h1-10,12,19H,11H2. The van der Waals surface area contributed by atoms with Gasteiger partial charge >= 0.3 is 5.76 Å². The molecule has 148 valence electrons. The van der Waals surface area contributed by atoms with Gasteiger partial charge in [-0.15, -0.1) is 0 Å². The molecule has 0 aliphatic heterocycles. The van der Waals surface area contributed by atoms with Crippen LogP contribution < -0.4 is 5.56 Å². The van der Waals surface area contributed by atoms with Gasteiger partial charge < -0.3 is 0 Å². The first-order chi connectivity index (χ1) is 13.9. The second-order valence-corrected chi connectivity index (χ2v) is 8.17. The molecule has 0 fully saturated rings. The Labute approximate surface area is 163 Å². The van der Waals surface area contributed by atoms with Crippen LogP contribution in [0.4, 0.5) is 8.78 Å². The summed E-state index contributed by atoms with van der Waals surface area (Å²) in [4.78, 5) is 16.6. The third kappa shape index (κ3) is 3.42. The van der Waals surface area contributed by atoms with Crippen molar-refractivity contribution in [2.45, 2.75) is 17.2 Å². The SMILES string of the molecule is O=c1c2cnn(-c3ccccc3)c2ncn1Cc1ccc(S(=O)(=O)C(F)F)cc1. The number of fused-ring (bicyclic) bond motifs is 1. The van der Waals surface area contributed by atoms with Gasteiger partial charge in [-0.25, -0.2) is 18.1 Å². The number of para-hydroxylation sites is 1. The molecule has 0 atom stereocenters. The fourth-order valence-electron chi connectivity index (χ4n) is 2.90. The van der Waals surface area contributed by atoms with E-state index in [0.717, 1.165) is 17.8 Å². The highest BCUT2D eigenvalue weighted by Gasteiger charge is 2.26. The van der Waals surface area contributed by atoms with Crippen molar-refractivity contribution in [3.05, 3.63) is 83.0 Å². The maximum atomic E-state index is 12.8. The lowest BCUT2D eigenvalue weighted by Gasteiger charge is -2.08. The Kier molecular flexibility index (Phi) is 4.71. The number of rotatable bonds is 5. The molecular weight excluding hydrogens is 402 g/mol. The Balaban J connectivity index is 1.66. The lowest BCUT2D eigenvalue weighted by Crippen LogP contribution is -2.21. The molecule has 4 rings (SSSR count). The van der Waals surface area contributed by atoms with Gasteiger partial charge in [0, 0.05) is 0 Å². The van der Waals surface area contributed by atoms with E-state index in [1.165, 1.54) is 29.2 Å². The zero-order valence-electron chi connectivity index (χ0n) is 14.8. The highest BCUT2D eigenvalue weighted by atomic mass is 32.2. The van der Waals surface area contributed by atoms with Crippen LogP contribution in [0.1, 0.15) is 5.56 Å². The van der Waals surface area contributed by atoms with Crippen LogP contribution in [0, 0.1) is 0 Å². The van der Waals surface area contributed by atoms with E-state index in [9.17, 15) is 22.0 Å². The summed E-state index contributed by atoms with van der Waals surface area (Å²) < 4.78 is 51.1. The maximum absolute atomic E-state index is 12.8. The summed E-state index contributed by atoms with van der Waals surface area (Å²) >= 11 is 0. The molecule has 0 aliphatic rings. The molecular formula is C19H14F2N4O3S. The van der Waals surface area contributed by atoms with Gasteiger partial charge in [0.05, 0.1) is 23.3 Å². The van der Waals surface area contributed by atoms with Crippen molar-refractivity contribution in [1.82, 2.24) is 19.3 Å². The average Bonchev–Trinajstić information content (AvgIpc) is 3.16. The summed E-state index contributed by atoms with van der Waals surface area (Å²) in [5, 5.41) is 4.56. The molecule has 2 heterocycles. The zero-order chi connectivity index (χ0) is 20.6. The van der Waals surface area contributed by atoms with E-state index in [4.69, 9.17) is 0 Å². The van der Waals surface area contributed by atoms with E-state index < -0.39 is 20.5 Å². The number of aromatic nitrogens is 4. The van der Waals surface area contributed by atoms with Gasteiger partial charge in [0.1, 0.15) is 11.7 Å². The second-order valence-electron chi connectivity index (χ2n) is 6.26. The molecule has 0 unspecified atom stereocenters. The highest BCUT2D eigenvalue weighted by Crippen LogP contribution is 2.19. The summed E-state index contributed by atoms with van der Waals surface area (Å²) in [6.07, 6.45) is 2.81. The smallest absolute Gasteiger partial charge is 0.294 e. The van der Waals surface area contributed by atoms with Crippen molar-refractivity contribution in [3.8, 4) is 5.69 Å². The monoisotopic (exact) mass is 416 g/mol. The Hall–Kier alpha value is -3.40. The number of hydrogen-bond acceptors (Lipinski definition) is 5. The van der Waals surface area contributed by atoms with E-state index in [1.54, 1.807) is 4.68 Å². The minimum Gasteiger partial charge on any atom is -0.294 e. The Morgan fingerprint density at radius 2 is 1.69 bits per heavy atom. The molecule has 0 aliphatic carbocycles. The van der Waals surface area contributed by atoms with Crippen molar-refractivity contribution < 1.29 is 17.2 Å². The van der Waals surface area contributed by atoms with Crippen molar-refractivity contribution in [2.75, 3.05) is 0 Å². The maximum Gasteiger partial charge on any atom is 0.341 e. The Bertz CT molecular complexity index is 1330. The molecule has 10 heteroatoms. The van der Waals surface area contributed by atoms with Crippen LogP contribution in [-0.4, -0.2) is 33.5 Å². The lowest BCUT2D eigenvalue weighted by molar-refractivity contribution is 0.234. The normalized spacial score (nSPS) is 12.0. The number of nitrogens with zero attached hydrogens (tertiary/aromatic N) is 4. The number of benzene rings is 2. The third-order valence-electron chi connectivity index (χ3n) is 4.39. The molecule has 2 aromatic heterocycles. The van der Waals surface area contributed by atoms with Crippen LogP contribution in [0.3, 0.4) is 0 Å². The first-order valence-corrected chi connectivity index (χ1v) is 10.0. The van der Waals surface area contributed by atoms with E-state index >= 15 is 0 Å². The molecule has 7 nitrogen and oxygen atoms in total. The molecule has 0 spiro atoms. The minimum atomic E-state index is -4.65. The topological polar surface area (TPSA) is 86.8 Å². The van der Waals surface area contributed by atoms with Crippen LogP contribution in [0.5, 0.6) is 0 Å². The average molecular weight is 416 g/mol. The van der Waals surface area contributed by atoms with Crippen LogP contribution in [0.25, 0.3) is 16.7 Å². The molecule has 0 saturated heterocycles. The predicted molar refractivity (Wildman–Crippen MR) is 102 cm³/mol. The zero-order valence-corrected chi connectivity index (χ0v) is 15.6. The van der Waals surface area contributed by atoms with Crippen LogP contribution in [0.2, 0.25) is 0 Å². The van der Waals surface area contributed by atoms with E-state index in [2.05, 4.69) is 10.1 Å². The number of alkyl halides is 2. The van der Waals surface area contributed by atoms with Gasteiger partial charge in [0.2, 0.25) is 9.84 Å². The van der Waals surface area contributed by atoms with Crippen molar-refractivity contribution >= 4 is 20.9 Å². The predicted octanol–water partition coefficient (Wildman–Crippen LogP) is 2.63. The summed E-state index contributed by atoms with van der Waals surface area (Å²) in [6, 6.07) is 14.2. The minimum absolute atomic E-state index is 0.104. The van der Waals surface area contributed by atoms with Crippen LogP contribution in [0.15, 0.2) is 76.8 Å². The summed E-state index contributed by atoms with van der Waals surface area (Å²) in [6.45, 7) is 0.104. The van der Waals surface area contributed by atoms with Crippen molar-refractivity contribution in [1.29, 1.82) is 0 Å². The van der Waals surface area contributed by atoms with Crippen molar-refractivity contribution in [3.63, 3.8) is 0 Å². The first kappa shape index (κ1) is 18.9.